The number of hydrogen-bond donors (Lipinski definition) is 2. The smallest absolute Gasteiger partial charge is 0.275 e. The first-order valence-electron chi connectivity index (χ1n) is 11.7. The van der Waals surface area contributed by atoms with Gasteiger partial charge < -0.3 is 19.9 Å². The summed E-state index contributed by atoms with van der Waals surface area (Å²) in [5.74, 6) is 0.923. The van der Waals surface area contributed by atoms with Crippen LogP contribution in [0.15, 0.2) is 83.0 Å². The molecule has 0 unspecified atom stereocenters. The number of halogens is 1. The maximum Gasteiger partial charge on any atom is 0.275 e. The quantitative estimate of drug-likeness (QED) is 0.500. The molecule has 0 saturated carbocycles. The molecule has 5 rings (SSSR count). The van der Waals surface area contributed by atoms with Gasteiger partial charge in [0.05, 0.1) is 32.0 Å². The van der Waals surface area contributed by atoms with Crippen molar-refractivity contribution in [3.8, 4) is 17.2 Å². The Bertz CT molecular complexity index is 1350. The van der Waals surface area contributed by atoms with Gasteiger partial charge in [0, 0.05) is 28.4 Å². The lowest BCUT2D eigenvalue weighted by atomic mass is 9.91. The number of aliphatic imine (C=N–C) groups is 1. The average Bonchev–Trinajstić information content (AvgIpc) is 3.03. The molecule has 0 saturated heterocycles. The van der Waals surface area contributed by atoms with Crippen LogP contribution in [0.25, 0.3) is 0 Å². The van der Waals surface area contributed by atoms with Crippen molar-refractivity contribution in [3.05, 3.63) is 94.1 Å². The van der Waals surface area contributed by atoms with Crippen molar-refractivity contribution < 1.29 is 19.4 Å². The molecule has 7 nitrogen and oxygen atoms in total. The summed E-state index contributed by atoms with van der Waals surface area (Å²) < 4.78 is 11.0. The van der Waals surface area contributed by atoms with Crippen molar-refractivity contribution in [2.75, 3.05) is 31.7 Å². The molecule has 2 heterocycles. The van der Waals surface area contributed by atoms with E-state index in [1.165, 1.54) is 7.11 Å². The Balaban J connectivity index is 1.69. The SMILES string of the molecule is CCOc1ccc(N2C(=O)C3=C(C(c4ccc(Cl)cc4)=NCCN3)[C@@H]2c2ccc(O)c(OC)c2)cc1. The third-order valence-electron chi connectivity index (χ3n) is 6.24. The second-order valence-corrected chi connectivity index (χ2v) is 8.82. The monoisotopic (exact) mass is 503 g/mol. The highest BCUT2D eigenvalue weighted by Gasteiger charge is 2.44. The molecule has 184 valence electrons. The molecule has 3 aromatic rings. The number of nitrogens with zero attached hydrogens (tertiary/aromatic N) is 2. The maximum absolute atomic E-state index is 14.0. The summed E-state index contributed by atoms with van der Waals surface area (Å²) in [5.41, 5.74) is 4.36. The van der Waals surface area contributed by atoms with Crippen LogP contribution >= 0.6 is 11.6 Å². The van der Waals surface area contributed by atoms with E-state index in [0.717, 1.165) is 28.2 Å². The van der Waals surface area contributed by atoms with E-state index in [-0.39, 0.29) is 11.7 Å². The number of carbonyl (C=O) groups is 1. The van der Waals surface area contributed by atoms with Crippen LogP contribution in [0.1, 0.15) is 24.1 Å². The van der Waals surface area contributed by atoms with Crippen LogP contribution < -0.4 is 19.7 Å². The molecule has 0 bridgehead atoms. The number of anilines is 1. The Hall–Kier alpha value is -3.97. The van der Waals surface area contributed by atoms with Gasteiger partial charge in [0.2, 0.25) is 0 Å². The molecule has 1 atom stereocenters. The van der Waals surface area contributed by atoms with E-state index in [0.29, 0.717) is 41.9 Å². The second kappa shape index (κ2) is 9.95. The molecule has 2 aliphatic heterocycles. The van der Waals surface area contributed by atoms with Gasteiger partial charge in [0.25, 0.3) is 5.91 Å². The Labute approximate surface area is 214 Å². The highest BCUT2D eigenvalue weighted by atomic mass is 35.5. The summed E-state index contributed by atoms with van der Waals surface area (Å²) in [7, 11) is 1.50. The first kappa shape index (κ1) is 23.8. The van der Waals surface area contributed by atoms with Crippen molar-refractivity contribution in [2.24, 2.45) is 4.99 Å². The predicted molar refractivity (Wildman–Crippen MR) is 140 cm³/mol. The molecule has 2 aliphatic rings. The lowest BCUT2D eigenvalue weighted by Crippen LogP contribution is -2.33. The number of hydrogen-bond acceptors (Lipinski definition) is 6. The highest BCUT2D eigenvalue weighted by molar-refractivity contribution is 6.31. The molecule has 1 amide bonds. The fourth-order valence-corrected chi connectivity index (χ4v) is 4.77. The number of phenolic OH excluding ortho intramolecular Hbond substituents is 1. The number of nitrogens with one attached hydrogen (secondary N) is 1. The molecule has 0 radical (unpaired) electrons. The number of amides is 1. The fraction of sp³-hybridized carbons (Fsp3) is 0.214. The standard InChI is InChI=1S/C28H26ClN3O4/c1-3-36-21-11-9-20(10-12-21)32-27(18-6-13-22(33)23(16-18)35-2)24-25(17-4-7-19(29)8-5-17)30-14-15-31-26(24)28(32)34/h4-13,16,27,31,33H,3,14-15H2,1-2H3/t27-/m0/s1. The first-order chi connectivity index (χ1) is 17.5. The number of aromatic hydroxyl groups is 1. The van der Waals surface area contributed by atoms with Crippen LogP contribution in [0.5, 0.6) is 17.2 Å². The lowest BCUT2D eigenvalue weighted by Gasteiger charge is -2.29. The minimum atomic E-state index is -0.514. The van der Waals surface area contributed by atoms with E-state index < -0.39 is 6.04 Å². The zero-order chi connectivity index (χ0) is 25.2. The van der Waals surface area contributed by atoms with Gasteiger partial charge in [-0.05, 0) is 61.0 Å². The normalized spacial score (nSPS) is 17.3. The summed E-state index contributed by atoms with van der Waals surface area (Å²) in [5, 5.41) is 14.2. The third kappa shape index (κ3) is 4.27. The maximum atomic E-state index is 14.0. The number of ether oxygens (including phenoxy) is 2. The summed E-state index contributed by atoms with van der Waals surface area (Å²) >= 11 is 6.15. The van der Waals surface area contributed by atoms with Gasteiger partial charge in [-0.3, -0.25) is 14.7 Å². The molecular formula is C28H26ClN3O4. The van der Waals surface area contributed by atoms with Crippen molar-refractivity contribution >= 4 is 28.9 Å². The van der Waals surface area contributed by atoms with Crippen LogP contribution in [0.2, 0.25) is 5.02 Å². The predicted octanol–water partition coefficient (Wildman–Crippen LogP) is 4.89. The molecule has 0 aromatic heterocycles. The Morgan fingerprint density at radius 2 is 1.86 bits per heavy atom. The number of methoxy groups -OCH3 is 1. The third-order valence-corrected chi connectivity index (χ3v) is 6.49. The van der Waals surface area contributed by atoms with Crippen molar-refractivity contribution in [3.63, 3.8) is 0 Å². The van der Waals surface area contributed by atoms with Crippen LogP contribution in [0.3, 0.4) is 0 Å². The number of phenols is 1. The van der Waals surface area contributed by atoms with E-state index in [4.69, 9.17) is 26.1 Å². The van der Waals surface area contributed by atoms with Crippen LogP contribution in [0, 0.1) is 0 Å². The Morgan fingerprint density at radius 1 is 1.11 bits per heavy atom. The molecule has 0 spiro atoms. The number of rotatable bonds is 6. The minimum absolute atomic E-state index is 0.0259. The van der Waals surface area contributed by atoms with Crippen molar-refractivity contribution in [1.82, 2.24) is 5.32 Å². The van der Waals surface area contributed by atoms with E-state index in [1.807, 2.05) is 55.5 Å². The minimum Gasteiger partial charge on any atom is -0.504 e. The van der Waals surface area contributed by atoms with E-state index in [2.05, 4.69) is 5.32 Å². The average molecular weight is 504 g/mol. The second-order valence-electron chi connectivity index (χ2n) is 8.39. The summed E-state index contributed by atoms with van der Waals surface area (Å²) in [4.78, 5) is 20.6. The summed E-state index contributed by atoms with van der Waals surface area (Å²) in [6, 6.07) is 19.5. The topological polar surface area (TPSA) is 83.4 Å². The molecule has 2 N–H and O–H groups in total. The van der Waals surface area contributed by atoms with Gasteiger partial charge in [0.1, 0.15) is 11.4 Å². The van der Waals surface area contributed by atoms with E-state index in [9.17, 15) is 9.90 Å². The van der Waals surface area contributed by atoms with Gasteiger partial charge in [-0.1, -0.05) is 29.8 Å². The molecule has 36 heavy (non-hydrogen) atoms. The molecular weight excluding hydrogens is 478 g/mol. The largest absolute Gasteiger partial charge is 0.504 e. The van der Waals surface area contributed by atoms with Gasteiger partial charge in [-0.2, -0.15) is 0 Å². The van der Waals surface area contributed by atoms with Gasteiger partial charge in [-0.15, -0.1) is 0 Å². The summed E-state index contributed by atoms with van der Waals surface area (Å²) in [6.45, 7) is 3.53. The molecule has 0 fully saturated rings. The lowest BCUT2D eigenvalue weighted by molar-refractivity contribution is -0.115. The fourth-order valence-electron chi connectivity index (χ4n) is 4.64. The van der Waals surface area contributed by atoms with Gasteiger partial charge >= 0.3 is 0 Å². The van der Waals surface area contributed by atoms with E-state index >= 15 is 0 Å². The van der Waals surface area contributed by atoms with Gasteiger partial charge in [0.15, 0.2) is 11.5 Å². The zero-order valence-electron chi connectivity index (χ0n) is 20.0. The number of carbonyl (C=O) groups excluding carboxylic acids is 1. The zero-order valence-corrected chi connectivity index (χ0v) is 20.7. The van der Waals surface area contributed by atoms with Crippen LogP contribution in [0.4, 0.5) is 5.69 Å². The van der Waals surface area contributed by atoms with Gasteiger partial charge in [-0.25, -0.2) is 0 Å². The van der Waals surface area contributed by atoms with E-state index in [1.54, 1.807) is 23.1 Å². The van der Waals surface area contributed by atoms with Crippen molar-refractivity contribution in [1.29, 1.82) is 0 Å². The van der Waals surface area contributed by atoms with Crippen LogP contribution in [-0.2, 0) is 4.79 Å². The molecule has 3 aromatic carbocycles. The Morgan fingerprint density at radius 3 is 2.56 bits per heavy atom. The first-order valence-corrected chi connectivity index (χ1v) is 12.1. The number of benzene rings is 3. The van der Waals surface area contributed by atoms with Crippen molar-refractivity contribution in [2.45, 2.75) is 13.0 Å². The molecule has 0 aliphatic carbocycles. The molecule has 8 heteroatoms. The summed E-state index contributed by atoms with van der Waals surface area (Å²) in [6.07, 6.45) is 0. The van der Waals surface area contributed by atoms with Crippen LogP contribution in [-0.4, -0.2) is 43.5 Å². The Kier molecular flexibility index (Phi) is 6.57. The highest BCUT2D eigenvalue weighted by Crippen LogP contribution is 2.44.